The molecule has 0 spiro atoms. The zero-order valence-corrected chi connectivity index (χ0v) is 18.1. The normalized spacial score (nSPS) is 20.7. The molecule has 1 aromatic carbocycles. The van der Waals surface area contributed by atoms with E-state index in [0.29, 0.717) is 42.5 Å². The summed E-state index contributed by atoms with van der Waals surface area (Å²) in [5.41, 5.74) is 1.40. The molecule has 30 heavy (non-hydrogen) atoms. The molecule has 7 heteroatoms. The Balaban J connectivity index is 1.83. The van der Waals surface area contributed by atoms with Crippen LogP contribution in [0.15, 0.2) is 29.3 Å². The summed E-state index contributed by atoms with van der Waals surface area (Å²) in [4.78, 5) is 32.2. The Kier molecular flexibility index (Phi) is 7.48. The molecule has 1 aromatic rings. The molecule has 1 saturated carbocycles. The molecule has 0 unspecified atom stereocenters. The van der Waals surface area contributed by atoms with Crippen molar-refractivity contribution in [3.8, 4) is 0 Å². The largest absolute Gasteiger partial charge is 0.478 e. The number of benzene rings is 1. The Morgan fingerprint density at radius 3 is 2.73 bits per heavy atom. The number of nitrogens with zero attached hydrogens (tertiary/aromatic N) is 2. The van der Waals surface area contributed by atoms with Crippen LogP contribution in [0.5, 0.6) is 0 Å². The molecule has 1 heterocycles. The van der Waals surface area contributed by atoms with Crippen molar-refractivity contribution in [3.63, 3.8) is 0 Å². The number of carbonyl (C=O) groups is 2. The third-order valence-electron chi connectivity index (χ3n) is 5.81. The number of ether oxygens (including phenoxy) is 1. The number of hydrogen-bond donors (Lipinski definition) is 2. The van der Waals surface area contributed by atoms with E-state index in [9.17, 15) is 14.7 Å². The van der Waals surface area contributed by atoms with E-state index in [1.54, 1.807) is 7.05 Å². The molecule has 2 aliphatic rings. The zero-order valence-electron chi connectivity index (χ0n) is 18.1. The first-order valence-electron chi connectivity index (χ1n) is 11.0. The van der Waals surface area contributed by atoms with Gasteiger partial charge in [-0.25, -0.2) is 4.99 Å². The maximum absolute atomic E-state index is 13.1. The molecule has 0 radical (unpaired) electrons. The van der Waals surface area contributed by atoms with Gasteiger partial charge in [-0.3, -0.25) is 9.59 Å². The lowest BCUT2D eigenvalue weighted by Gasteiger charge is -2.25. The maximum atomic E-state index is 13.1. The molecule has 1 aliphatic heterocycles. The van der Waals surface area contributed by atoms with Crippen LogP contribution in [-0.4, -0.2) is 48.7 Å². The van der Waals surface area contributed by atoms with Crippen LogP contribution in [0.1, 0.15) is 57.9 Å². The Bertz CT molecular complexity index is 790. The van der Waals surface area contributed by atoms with Crippen LogP contribution in [0, 0.1) is 11.8 Å². The van der Waals surface area contributed by atoms with Crippen molar-refractivity contribution in [1.82, 2.24) is 5.32 Å². The molecule has 2 amide bonds. The van der Waals surface area contributed by atoms with Crippen LogP contribution in [-0.2, 0) is 14.3 Å². The van der Waals surface area contributed by atoms with Gasteiger partial charge in [-0.2, -0.15) is 0 Å². The number of carbonyl (C=O) groups excluding carboxylic acids is 2. The SMILES string of the molecule is CCCC[C@H](O)[C@@H](CC1CC1)C(=O)N[C@@H]1N=C(OCC)c2ccccc2N(C)C1=O. The highest BCUT2D eigenvalue weighted by atomic mass is 16.5. The second kappa shape index (κ2) is 10.1. The number of para-hydroxylation sites is 1. The predicted octanol–water partition coefficient (Wildman–Crippen LogP) is 2.86. The summed E-state index contributed by atoms with van der Waals surface area (Å²) in [6.07, 6.45) is 3.44. The lowest BCUT2D eigenvalue weighted by Crippen LogP contribution is -2.49. The number of rotatable bonds is 9. The standard InChI is InChI=1S/C23H33N3O4/c1-4-6-11-19(27)17(14-15-12-13-15)21(28)24-20-23(29)26(3)18-10-8-7-9-16(18)22(25-20)30-5-2/h7-10,15,17,19-20,27H,4-6,11-14H2,1-3H3,(H,24,28)/t17-,19+,20-/m1/s1. The van der Waals surface area contributed by atoms with Crippen molar-refractivity contribution in [1.29, 1.82) is 0 Å². The van der Waals surface area contributed by atoms with E-state index in [1.165, 1.54) is 4.90 Å². The van der Waals surface area contributed by atoms with Crippen molar-refractivity contribution in [3.05, 3.63) is 29.8 Å². The Labute approximate surface area is 178 Å². The van der Waals surface area contributed by atoms with Crippen LogP contribution < -0.4 is 10.2 Å². The number of hydrogen-bond acceptors (Lipinski definition) is 5. The number of aliphatic imine (C=N–C) groups is 1. The molecular formula is C23H33N3O4. The minimum absolute atomic E-state index is 0.317. The number of aliphatic hydroxyl groups is 1. The van der Waals surface area contributed by atoms with E-state index in [4.69, 9.17) is 4.74 Å². The highest BCUT2D eigenvalue weighted by Crippen LogP contribution is 2.37. The first kappa shape index (κ1) is 22.3. The quantitative estimate of drug-likeness (QED) is 0.649. The van der Waals surface area contributed by atoms with E-state index in [-0.39, 0.29) is 11.8 Å². The molecule has 0 saturated heterocycles. The molecule has 164 valence electrons. The number of anilines is 1. The third kappa shape index (κ3) is 5.19. The fraction of sp³-hybridized carbons (Fsp3) is 0.609. The Hall–Kier alpha value is -2.41. The molecule has 7 nitrogen and oxygen atoms in total. The van der Waals surface area contributed by atoms with Crippen LogP contribution >= 0.6 is 0 Å². The molecule has 3 rings (SSSR count). The van der Waals surface area contributed by atoms with Crippen LogP contribution in [0.25, 0.3) is 0 Å². The van der Waals surface area contributed by atoms with E-state index in [2.05, 4.69) is 17.2 Å². The van der Waals surface area contributed by atoms with Crippen molar-refractivity contribution in [2.45, 2.75) is 64.6 Å². The van der Waals surface area contributed by atoms with Gasteiger partial charge < -0.3 is 20.1 Å². The van der Waals surface area contributed by atoms with Crippen molar-refractivity contribution in [2.24, 2.45) is 16.8 Å². The third-order valence-corrected chi connectivity index (χ3v) is 5.81. The highest BCUT2D eigenvalue weighted by Gasteiger charge is 2.37. The monoisotopic (exact) mass is 415 g/mol. The lowest BCUT2D eigenvalue weighted by molar-refractivity contribution is -0.133. The second-order valence-corrected chi connectivity index (χ2v) is 8.19. The minimum Gasteiger partial charge on any atom is -0.478 e. The van der Waals surface area contributed by atoms with Gasteiger partial charge in [-0.05, 0) is 37.8 Å². The average Bonchev–Trinajstić information content (AvgIpc) is 3.58. The van der Waals surface area contributed by atoms with Gasteiger partial charge in [-0.1, -0.05) is 44.7 Å². The molecule has 0 bridgehead atoms. The summed E-state index contributed by atoms with van der Waals surface area (Å²) in [6.45, 7) is 4.31. The highest BCUT2D eigenvalue weighted by molar-refractivity contribution is 6.10. The molecule has 1 fully saturated rings. The number of aliphatic hydroxyl groups excluding tert-OH is 1. The van der Waals surface area contributed by atoms with Gasteiger partial charge in [-0.15, -0.1) is 0 Å². The van der Waals surface area contributed by atoms with Gasteiger partial charge in [0.25, 0.3) is 5.91 Å². The van der Waals surface area contributed by atoms with E-state index in [1.807, 2.05) is 31.2 Å². The van der Waals surface area contributed by atoms with Crippen molar-refractivity contribution >= 4 is 23.4 Å². The van der Waals surface area contributed by atoms with Crippen LogP contribution in [0.2, 0.25) is 0 Å². The number of nitrogens with one attached hydrogen (secondary N) is 1. The topological polar surface area (TPSA) is 91.2 Å². The summed E-state index contributed by atoms with van der Waals surface area (Å²) in [5.74, 6) is -0.363. The fourth-order valence-corrected chi connectivity index (χ4v) is 3.84. The maximum Gasteiger partial charge on any atom is 0.272 e. The smallest absolute Gasteiger partial charge is 0.272 e. The van der Waals surface area contributed by atoms with Gasteiger partial charge >= 0.3 is 0 Å². The van der Waals surface area contributed by atoms with Gasteiger partial charge in [0.1, 0.15) is 0 Å². The Morgan fingerprint density at radius 1 is 1.33 bits per heavy atom. The first-order valence-corrected chi connectivity index (χ1v) is 11.0. The molecular weight excluding hydrogens is 382 g/mol. The fourth-order valence-electron chi connectivity index (χ4n) is 3.84. The van der Waals surface area contributed by atoms with Crippen LogP contribution in [0.4, 0.5) is 5.69 Å². The van der Waals surface area contributed by atoms with Gasteiger partial charge in [0.05, 0.1) is 29.9 Å². The lowest BCUT2D eigenvalue weighted by atomic mass is 9.91. The molecule has 3 atom stereocenters. The average molecular weight is 416 g/mol. The molecule has 2 N–H and O–H groups in total. The summed E-state index contributed by atoms with van der Waals surface area (Å²) < 4.78 is 5.70. The predicted molar refractivity (Wildman–Crippen MR) is 116 cm³/mol. The second-order valence-electron chi connectivity index (χ2n) is 8.19. The first-order chi connectivity index (χ1) is 14.5. The summed E-state index contributed by atoms with van der Waals surface area (Å²) in [7, 11) is 1.67. The van der Waals surface area contributed by atoms with Gasteiger partial charge in [0.15, 0.2) is 0 Å². The van der Waals surface area contributed by atoms with E-state index >= 15 is 0 Å². The number of unbranched alkanes of at least 4 members (excludes halogenated alkanes) is 1. The van der Waals surface area contributed by atoms with Crippen molar-refractivity contribution in [2.75, 3.05) is 18.6 Å². The molecule has 1 aliphatic carbocycles. The number of fused-ring (bicyclic) bond motifs is 1. The zero-order chi connectivity index (χ0) is 21.7. The Morgan fingerprint density at radius 2 is 2.07 bits per heavy atom. The van der Waals surface area contributed by atoms with E-state index in [0.717, 1.165) is 25.7 Å². The summed E-state index contributed by atoms with van der Waals surface area (Å²) in [5, 5.41) is 13.4. The molecule has 0 aromatic heterocycles. The number of likely N-dealkylation sites (N-methyl/N-ethyl adjacent to an activating group) is 1. The van der Waals surface area contributed by atoms with Crippen LogP contribution in [0.3, 0.4) is 0 Å². The van der Waals surface area contributed by atoms with Gasteiger partial charge in [0.2, 0.25) is 18.0 Å². The minimum atomic E-state index is -1.09. The number of amides is 2. The summed E-state index contributed by atoms with van der Waals surface area (Å²) in [6, 6.07) is 7.39. The van der Waals surface area contributed by atoms with Gasteiger partial charge in [0, 0.05) is 7.05 Å². The van der Waals surface area contributed by atoms with E-state index < -0.39 is 18.2 Å². The number of benzodiazepines with no additional fused rings is 1. The summed E-state index contributed by atoms with van der Waals surface area (Å²) >= 11 is 0. The van der Waals surface area contributed by atoms with Crippen molar-refractivity contribution < 1.29 is 19.4 Å².